The molecule has 0 amide bonds. The summed E-state index contributed by atoms with van der Waals surface area (Å²) in [6.07, 6.45) is 7.38. The molecule has 0 radical (unpaired) electrons. The van der Waals surface area contributed by atoms with E-state index in [4.69, 9.17) is 19.9 Å². The zero-order chi connectivity index (χ0) is 81.8. The van der Waals surface area contributed by atoms with Gasteiger partial charge in [0.1, 0.15) is 0 Å². The van der Waals surface area contributed by atoms with Crippen molar-refractivity contribution in [2.75, 3.05) is 0 Å². The van der Waals surface area contributed by atoms with Crippen molar-refractivity contribution in [3.05, 3.63) is 447 Å². The van der Waals surface area contributed by atoms with E-state index in [-0.39, 0.29) is 10.8 Å². The molecule has 0 fully saturated rings. The lowest BCUT2D eigenvalue weighted by molar-refractivity contribution is 0.661. The van der Waals surface area contributed by atoms with Crippen LogP contribution in [-0.2, 0) is 10.8 Å². The van der Waals surface area contributed by atoms with E-state index in [1.165, 1.54) is 111 Å². The molecule has 16 aromatic carbocycles. The standard InChI is InChI=1S/2C58H41N3/c1-58(2)52-29-28-47(35-51(52)56-50-22-7-6-12-39(50)27-30-53(56)58)45-18-9-16-43(33-45)42-15-8-17-44(32-42)46-19-10-20-48(34-46)55-36-54(60-57(61-55)41-13-4-3-5-14-41)40-25-23-38(24-26-40)49-21-11-31-59-37-49;1-58(2)53-30-28-47(35-52(53)51-29-27-39-12-6-7-22-50(39)56(51)58)45-18-9-16-43(33-45)42-15-8-17-44(32-42)46-19-10-20-48(34-46)55-36-54(60-57(61-55)41-13-4-3-5-14-41)40-25-23-38(24-26-40)49-21-11-31-59-37-49/h2*3-37H,1-2H3. The average Bonchev–Trinajstić information content (AvgIpc) is 1.57. The minimum absolute atomic E-state index is 0.0555. The Morgan fingerprint density at radius 2 is 0.500 bits per heavy atom. The molecule has 2 aliphatic rings. The van der Waals surface area contributed by atoms with Crippen LogP contribution in [0.4, 0.5) is 0 Å². The molecule has 0 N–H and O–H groups in total. The zero-order valence-corrected chi connectivity index (χ0v) is 68.1. The second-order valence-electron chi connectivity index (χ2n) is 33.0. The Labute approximate surface area is 711 Å². The normalized spacial score (nSPS) is 12.6. The molecule has 576 valence electrons. The summed E-state index contributed by atoms with van der Waals surface area (Å²) in [7, 11) is 0. The van der Waals surface area contributed by atoms with Crippen LogP contribution >= 0.6 is 0 Å². The third kappa shape index (κ3) is 14.0. The maximum absolute atomic E-state index is 5.14. The van der Waals surface area contributed by atoms with Crippen molar-refractivity contribution in [2.24, 2.45) is 0 Å². The van der Waals surface area contributed by atoms with Gasteiger partial charge in [0.2, 0.25) is 0 Å². The lowest BCUT2D eigenvalue weighted by Gasteiger charge is -2.23. The van der Waals surface area contributed by atoms with E-state index in [0.717, 1.165) is 101 Å². The summed E-state index contributed by atoms with van der Waals surface area (Å²) in [4.78, 5) is 29.0. The highest BCUT2D eigenvalue weighted by atomic mass is 14.9. The average molecular weight is 1560 g/mol. The molecule has 0 atom stereocenters. The molecule has 0 saturated heterocycles. The zero-order valence-electron chi connectivity index (χ0n) is 68.1. The number of benzene rings is 16. The monoisotopic (exact) mass is 1560 g/mol. The fraction of sp³-hybridized carbons (Fsp3) is 0.0517. The van der Waals surface area contributed by atoms with E-state index in [1.807, 2.05) is 60.9 Å². The SMILES string of the molecule is CC1(C)c2ccc(-c3cccc(-c4cccc(-c5cccc(-c6cc(-c7ccc(-c8cccnc8)cc7)nc(-c7ccccc7)n6)c5)c4)c3)cc2-c2c1ccc1ccccc21.CC1(C)c2ccc(-c3cccc(-c4cccc(-c5cccc(-c6cc(-c7ccc(-c8cccnc8)cc7)nc(-c7ccccc7)n6)c5)c4)c3)cc2-c2ccc3ccccc3c21. The number of aromatic nitrogens is 6. The summed E-state index contributed by atoms with van der Waals surface area (Å²) in [5.74, 6) is 1.39. The second kappa shape index (κ2) is 31.1. The molecule has 4 aromatic heterocycles. The number of hydrogen-bond donors (Lipinski definition) is 0. The van der Waals surface area contributed by atoms with Crippen LogP contribution in [0.25, 0.3) is 201 Å². The Balaban J connectivity index is 0.000000150. The van der Waals surface area contributed by atoms with E-state index in [1.54, 1.807) is 12.4 Å². The van der Waals surface area contributed by atoms with Gasteiger partial charge in [-0.25, -0.2) is 19.9 Å². The summed E-state index contributed by atoms with van der Waals surface area (Å²) in [5, 5.41) is 5.24. The van der Waals surface area contributed by atoms with Gasteiger partial charge in [0, 0.05) is 69.0 Å². The van der Waals surface area contributed by atoms with Crippen LogP contribution in [0.3, 0.4) is 0 Å². The molecule has 4 heterocycles. The third-order valence-electron chi connectivity index (χ3n) is 24.7. The van der Waals surface area contributed by atoms with Crippen molar-refractivity contribution in [3.8, 4) is 179 Å². The first-order chi connectivity index (χ1) is 59.9. The summed E-state index contributed by atoms with van der Waals surface area (Å²) < 4.78 is 0. The Kier molecular flexibility index (Phi) is 18.9. The van der Waals surface area contributed by atoms with Crippen molar-refractivity contribution < 1.29 is 0 Å². The number of pyridine rings is 2. The lowest BCUT2D eigenvalue weighted by atomic mass is 9.80. The topological polar surface area (TPSA) is 77.3 Å². The van der Waals surface area contributed by atoms with E-state index in [9.17, 15) is 0 Å². The van der Waals surface area contributed by atoms with Crippen molar-refractivity contribution in [3.63, 3.8) is 0 Å². The molecule has 6 nitrogen and oxygen atoms in total. The number of fused-ring (bicyclic) bond motifs is 10. The molecule has 2 aliphatic carbocycles. The number of nitrogens with zero attached hydrogens (tertiary/aromatic N) is 6. The molecular formula is C116H82N6. The number of hydrogen-bond acceptors (Lipinski definition) is 6. The van der Waals surface area contributed by atoms with Gasteiger partial charge >= 0.3 is 0 Å². The largest absolute Gasteiger partial charge is 0.264 e. The van der Waals surface area contributed by atoms with Gasteiger partial charge in [0.05, 0.1) is 22.8 Å². The lowest BCUT2D eigenvalue weighted by Crippen LogP contribution is -2.15. The van der Waals surface area contributed by atoms with Crippen molar-refractivity contribution in [2.45, 2.75) is 38.5 Å². The predicted octanol–water partition coefficient (Wildman–Crippen LogP) is 30.0. The molecule has 22 rings (SSSR count). The molecule has 20 aromatic rings. The van der Waals surface area contributed by atoms with Crippen LogP contribution in [0, 0.1) is 0 Å². The Morgan fingerprint density at radius 3 is 0.926 bits per heavy atom. The maximum atomic E-state index is 5.14. The highest BCUT2D eigenvalue weighted by molar-refractivity contribution is 6.04. The Hall–Kier alpha value is -15.5. The van der Waals surface area contributed by atoms with Gasteiger partial charge in [-0.05, 0) is 228 Å². The first kappa shape index (κ1) is 74.1. The van der Waals surface area contributed by atoms with Gasteiger partial charge in [-0.15, -0.1) is 0 Å². The van der Waals surface area contributed by atoms with Crippen molar-refractivity contribution in [1.82, 2.24) is 29.9 Å². The van der Waals surface area contributed by atoms with Crippen LogP contribution in [0.5, 0.6) is 0 Å². The van der Waals surface area contributed by atoms with E-state index >= 15 is 0 Å². The molecule has 0 spiro atoms. The molecule has 0 bridgehead atoms. The maximum Gasteiger partial charge on any atom is 0.160 e. The molecular weight excluding hydrogens is 1480 g/mol. The minimum Gasteiger partial charge on any atom is -0.264 e. The molecule has 6 heteroatoms. The Morgan fingerprint density at radius 1 is 0.189 bits per heavy atom. The van der Waals surface area contributed by atoms with E-state index in [2.05, 4.69) is 390 Å². The first-order valence-corrected chi connectivity index (χ1v) is 41.8. The van der Waals surface area contributed by atoms with Gasteiger partial charge in [0.15, 0.2) is 11.6 Å². The van der Waals surface area contributed by atoms with Gasteiger partial charge in [-0.2, -0.15) is 0 Å². The van der Waals surface area contributed by atoms with Crippen molar-refractivity contribution >= 4 is 21.5 Å². The molecule has 122 heavy (non-hydrogen) atoms. The van der Waals surface area contributed by atoms with Crippen LogP contribution in [0.1, 0.15) is 49.9 Å². The van der Waals surface area contributed by atoms with Crippen molar-refractivity contribution in [1.29, 1.82) is 0 Å². The summed E-state index contributed by atoms with van der Waals surface area (Å²) in [5.41, 5.74) is 39.0. The Bertz CT molecular complexity index is 7400. The van der Waals surface area contributed by atoms with E-state index in [0.29, 0.717) is 11.6 Å². The van der Waals surface area contributed by atoms with Crippen LogP contribution < -0.4 is 0 Å². The second-order valence-corrected chi connectivity index (χ2v) is 33.0. The summed E-state index contributed by atoms with van der Waals surface area (Å²) in [6, 6.07) is 144. The fourth-order valence-corrected chi connectivity index (χ4v) is 18.4. The molecule has 0 unspecified atom stereocenters. The minimum atomic E-state index is -0.0725. The molecule has 0 aliphatic heterocycles. The van der Waals surface area contributed by atoms with Gasteiger partial charge in [0.25, 0.3) is 0 Å². The first-order valence-electron chi connectivity index (χ1n) is 41.8. The van der Waals surface area contributed by atoms with Crippen LogP contribution in [0.15, 0.2) is 425 Å². The quantitative estimate of drug-likeness (QED) is 0.108. The predicted molar refractivity (Wildman–Crippen MR) is 506 cm³/mol. The summed E-state index contributed by atoms with van der Waals surface area (Å²) >= 11 is 0. The van der Waals surface area contributed by atoms with Crippen LogP contribution in [0.2, 0.25) is 0 Å². The van der Waals surface area contributed by atoms with Gasteiger partial charge in [-0.1, -0.05) is 355 Å². The smallest absolute Gasteiger partial charge is 0.160 e. The highest BCUT2D eigenvalue weighted by Crippen LogP contribution is 2.54. The number of rotatable bonds is 14. The van der Waals surface area contributed by atoms with Gasteiger partial charge in [-0.3, -0.25) is 9.97 Å². The highest BCUT2D eigenvalue weighted by Gasteiger charge is 2.38. The molecule has 0 saturated carbocycles. The fourth-order valence-electron chi connectivity index (χ4n) is 18.4. The van der Waals surface area contributed by atoms with Gasteiger partial charge < -0.3 is 0 Å². The van der Waals surface area contributed by atoms with E-state index < -0.39 is 0 Å². The van der Waals surface area contributed by atoms with Crippen LogP contribution in [-0.4, -0.2) is 29.9 Å². The summed E-state index contributed by atoms with van der Waals surface area (Å²) in [6.45, 7) is 9.44. The third-order valence-corrected chi connectivity index (χ3v) is 24.7.